The van der Waals surface area contributed by atoms with Crippen LogP contribution in [0.1, 0.15) is 28.7 Å². The van der Waals surface area contributed by atoms with Gasteiger partial charge in [-0.25, -0.2) is 4.99 Å². The Balaban J connectivity index is 1.75. The van der Waals surface area contributed by atoms with Gasteiger partial charge in [-0.1, -0.05) is 76.9 Å². The van der Waals surface area contributed by atoms with E-state index in [0.29, 0.717) is 6.42 Å². The first-order chi connectivity index (χ1) is 14.6. The molecule has 0 amide bonds. The number of para-hydroxylation sites is 2. The van der Waals surface area contributed by atoms with Crippen molar-refractivity contribution in [3.63, 3.8) is 0 Å². The molecule has 2 aliphatic rings. The lowest BCUT2D eigenvalue weighted by molar-refractivity contribution is -0.0148. The van der Waals surface area contributed by atoms with Crippen LogP contribution in [0.25, 0.3) is 0 Å². The molecule has 5 rings (SSSR count). The number of nitrogens with zero attached hydrogens (tertiary/aromatic N) is 3. The quantitative estimate of drug-likeness (QED) is 0.505. The van der Waals surface area contributed by atoms with Crippen molar-refractivity contribution in [3.05, 3.63) is 95.1 Å². The summed E-state index contributed by atoms with van der Waals surface area (Å²) in [5, 5.41) is 5.66. The highest BCUT2D eigenvalue weighted by Gasteiger charge is 2.51. The summed E-state index contributed by atoms with van der Waals surface area (Å²) in [6.45, 7) is 4.19. The van der Waals surface area contributed by atoms with Gasteiger partial charge in [-0.05, 0) is 32.2 Å². The lowest BCUT2D eigenvalue weighted by atomic mass is 9.95. The van der Waals surface area contributed by atoms with Crippen molar-refractivity contribution in [3.8, 4) is 0 Å². The van der Waals surface area contributed by atoms with Gasteiger partial charge in [0.2, 0.25) is 5.72 Å². The number of aliphatic imine (C=N–C) groups is 1. The van der Waals surface area contributed by atoms with E-state index in [0.717, 1.165) is 33.4 Å². The lowest BCUT2D eigenvalue weighted by Gasteiger charge is -2.37. The van der Waals surface area contributed by atoms with Crippen molar-refractivity contribution in [2.45, 2.75) is 26.0 Å². The average molecular weight is 414 g/mol. The maximum atomic E-state index is 6.36. The number of hydrogen-bond acceptors (Lipinski definition) is 5. The monoisotopic (exact) mass is 413 g/mol. The molecule has 5 heteroatoms. The SMILES string of the molecule is CSC1=Nc2ccccc2N2C(c3ccc(C)cc3)=NOC2(c2ccc(C)cc2)C1. The van der Waals surface area contributed by atoms with Crippen LogP contribution in [-0.2, 0) is 10.6 Å². The van der Waals surface area contributed by atoms with Crippen molar-refractivity contribution < 1.29 is 4.84 Å². The van der Waals surface area contributed by atoms with E-state index in [1.165, 1.54) is 11.1 Å². The zero-order valence-corrected chi connectivity index (χ0v) is 18.1. The van der Waals surface area contributed by atoms with Crippen LogP contribution in [0.2, 0.25) is 0 Å². The molecule has 0 bridgehead atoms. The fourth-order valence-corrected chi connectivity index (χ4v) is 4.55. The summed E-state index contributed by atoms with van der Waals surface area (Å²) in [7, 11) is 0. The summed E-state index contributed by atoms with van der Waals surface area (Å²) in [6.07, 6.45) is 2.68. The van der Waals surface area contributed by atoms with Crippen molar-refractivity contribution in [1.82, 2.24) is 0 Å². The summed E-state index contributed by atoms with van der Waals surface area (Å²) in [6, 6.07) is 25.2. The summed E-state index contributed by atoms with van der Waals surface area (Å²) in [5.41, 5.74) is 5.68. The minimum absolute atomic E-state index is 0.616. The molecule has 0 N–H and O–H groups in total. The minimum atomic E-state index is -0.775. The number of benzene rings is 3. The second-order valence-electron chi connectivity index (χ2n) is 7.73. The van der Waals surface area contributed by atoms with Crippen molar-refractivity contribution in [2.24, 2.45) is 10.1 Å². The zero-order chi connectivity index (χ0) is 20.7. The number of amidine groups is 1. The van der Waals surface area contributed by atoms with E-state index in [4.69, 9.17) is 9.83 Å². The molecule has 0 saturated heterocycles. The van der Waals surface area contributed by atoms with E-state index in [1.54, 1.807) is 11.8 Å². The fourth-order valence-electron chi connectivity index (χ4n) is 4.02. The van der Waals surface area contributed by atoms with Crippen LogP contribution < -0.4 is 4.90 Å². The molecule has 2 heterocycles. The predicted octanol–water partition coefficient (Wildman–Crippen LogP) is 6.15. The van der Waals surface area contributed by atoms with Gasteiger partial charge in [-0.2, -0.15) is 0 Å². The molecule has 0 radical (unpaired) electrons. The van der Waals surface area contributed by atoms with Crippen LogP contribution >= 0.6 is 11.8 Å². The van der Waals surface area contributed by atoms with Gasteiger partial charge < -0.3 is 4.84 Å². The normalized spacial score (nSPS) is 19.9. The third-order valence-electron chi connectivity index (χ3n) is 5.66. The van der Waals surface area contributed by atoms with Gasteiger partial charge in [-0.15, -0.1) is 11.8 Å². The van der Waals surface area contributed by atoms with Crippen molar-refractivity contribution in [1.29, 1.82) is 0 Å². The number of aryl methyl sites for hydroxylation is 2. The highest BCUT2D eigenvalue weighted by molar-refractivity contribution is 8.13. The Labute approximate surface area is 181 Å². The number of hydrogen-bond donors (Lipinski definition) is 0. The highest BCUT2D eigenvalue weighted by Crippen LogP contribution is 2.49. The van der Waals surface area contributed by atoms with E-state index in [-0.39, 0.29) is 0 Å². The van der Waals surface area contributed by atoms with E-state index in [9.17, 15) is 0 Å². The molecule has 2 aliphatic heterocycles. The second-order valence-corrected chi connectivity index (χ2v) is 8.61. The fraction of sp³-hybridized carbons (Fsp3) is 0.200. The molecule has 4 nitrogen and oxygen atoms in total. The maximum Gasteiger partial charge on any atom is 0.247 e. The number of rotatable bonds is 2. The Morgan fingerprint density at radius 3 is 2.27 bits per heavy atom. The van der Waals surface area contributed by atoms with Crippen LogP contribution in [0.3, 0.4) is 0 Å². The van der Waals surface area contributed by atoms with E-state index in [1.807, 2.05) is 12.1 Å². The van der Waals surface area contributed by atoms with Gasteiger partial charge in [-0.3, -0.25) is 4.90 Å². The van der Waals surface area contributed by atoms with Crippen LogP contribution in [-0.4, -0.2) is 17.1 Å². The Morgan fingerprint density at radius 1 is 0.900 bits per heavy atom. The Kier molecular flexibility index (Phi) is 4.63. The van der Waals surface area contributed by atoms with Gasteiger partial charge in [0.1, 0.15) is 0 Å². The van der Waals surface area contributed by atoms with Crippen LogP contribution in [0.5, 0.6) is 0 Å². The van der Waals surface area contributed by atoms with Crippen LogP contribution in [0, 0.1) is 13.8 Å². The number of fused-ring (bicyclic) bond motifs is 3. The van der Waals surface area contributed by atoms with Gasteiger partial charge >= 0.3 is 0 Å². The lowest BCUT2D eigenvalue weighted by Crippen LogP contribution is -2.47. The molecule has 1 unspecified atom stereocenters. The first kappa shape index (κ1) is 18.9. The summed E-state index contributed by atoms with van der Waals surface area (Å²) in [5.74, 6) is 0.806. The molecule has 0 fully saturated rings. The second kappa shape index (κ2) is 7.33. The predicted molar refractivity (Wildman–Crippen MR) is 126 cm³/mol. The molecule has 3 aromatic rings. The van der Waals surface area contributed by atoms with Crippen molar-refractivity contribution >= 4 is 34.0 Å². The smallest absolute Gasteiger partial charge is 0.247 e. The molecular formula is C25H23N3OS. The first-order valence-corrected chi connectivity index (χ1v) is 11.2. The highest BCUT2D eigenvalue weighted by atomic mass is 32.2. The third-order valence-corrected chi connectivity index (χ3v) is 6.37. The summed E-state index contributed by atoms with van der Waals surface area (Å²) < 4.78 is 0. The molecular weight excluding hydrogens is 390 g/mol. The largest absolute Gasteiger partial charge is 0.359 e. The van der Waals surface area contributed by atoms with E-state index in [2.05, 4.69) is 90.8 Å². The standard InChI is InChI=1S/C25H23N3OS/c1-17-8-12-19(13-9-17)24-27-29-25(20-14-10-18(2)11-15-20)16-23(30-3)26-21-6-4-5-7-22(21)28(24)25/h4-15H,16H2,1-3H3. The molecule has 150 valence electrons. The first-order valence-electron chi connectivity index (χ1n) is 10.0. The molecule has 1 atom stereocenters. The molecule has 3 aromatic carbocycles. The number of anilines is 1. The Bertz CT molecular complexity index is 1150. The number of thioether (sulfide) groups is 1. The molecule has 0 aliphatic carbocycles. The third kappa shape index (κ3) is 3.01. The minimum Gasteiger partial charge on any atom is -0.359 e. The number of oxime groups is 1. The summed E-state index contributed by atoms with van der Waals surface area (Å²) in [4.78, 5) is 13.6. The summed E-state index contributed by atoms with van der Waals surface area (Å²) >= 11 is 1.66. The van der Waals surface area contributed by atoms with Gasteiger partial charge in [0, 0.05) is 11.1 Å². The van der Waals surface area contributed by atoms with Crippen molar-refractivity contribution in [2.75, 3.05) is 11.2 Å². The van der Waals surface area contributed by atoms with E-state index < -0.39 is 5.72 Å². The van der Waals surface area contributed by atoms with E-state index >= 15 is 0 Å². The molecule has 0 saturated carbocycles. The molecule has 30 heavy (non-hydrogen) atoms. The Morgan fingerprint density at radius 2 is 1.57 bits per heavy atom. The molecule has 0 aromatic heterocycles. The van der Waals surface area contributed by atoms with Gasteiger partial charge in [0.25, 0.3) is 0 Å². The van der Waals surface area contributed by atoms with Crippen LogP contribution in [0.4, 0.5) is 11.4 Å². The zero-order valence-electron chi connectivity index (χ0n) is 17.3. The van der Waals surface area contributed by atoms with Gasteiger partial charge in [0.05, 0.1) is 22.8 Å². The average Bonchev–Trinajstić information content (AvgIpc) is 3.07. The molecule has 0 spiro atoms. The van der Waals surface area contributed by atoms with Gasteiger partial charge in [0.15, 0.2) is 5.84 Å². The van der Waals surface area contributed by atoms with Crippen LogP contribution in [0.15, 0.2) is 82.9 Å². The maximum absolute atomic E-state index is 6.36. The topological polar surface area (TPSA) is 37.2 Å². The Hall–Kier alpha value is -3.05.